The number of phenols is 1. The van der Waals surface area contributed by atoms with Crippen molar-refractivity contribution in [3.05, 3.63) is 41.3 Å². The van der Waals surface area contributed by atoms with E-state index in [2.05, 4.69) is 15.3 Å². The third-order valence-electron chi connectivity index (χ3n) is 6.67. The van der Waals surface area contributed by atoms with Crippen molar-refractivity contribution in [1.82, 2.24) is 9.97 Å². The number of nitrogens with two attached hydrogens (primary N) is 2. The first kappa shape index (κ1) is 23.1. The van der Waals surface area contributed by atoms with Gasteiger partial charge >= 0.3 is 0 Å². The number of nitrogens with one attached hydrogen (secondary N) is 1. The fraction of sp³-hybridized carbons (Fsp3) is 0.542. The normalized spacial score (nSPS) is 23.2. The molecule has 4 atom stereocenters. The average Bonchev–Trinajstić information content (AvgIpc) is 3.11. The van der Waals surface area contributed by atoms with Gasteiger partial charge in [0, 0.05) is 19.1 Å². The molecule has 1 saturated carbocycles. The number of aliphatic imine (C=N–C) groups is 1. The summed E-state index contributed by atoms with van der Waals surface area (Å²) < 4.78 is 6.46. The second kappa shape index (κ2) is 10.2. The van der Waals surface area contributed by atoms with Crippen LogP contribution in [0.25, 0.3) is 0 Å². The molecule has 178 valence electrons. The zero-order valence-corrected chi connectivity index (χ0v) is 19.1. The number of aryl methyl sites for hydroxylation is 3. The molecular formula is C24H34N6O3. The van der Waals surface area contributed by atoms with E-state index >= 15 is 0 Å². The molecule has 33 heavy (non-hydrogen) atoms. The highest BCUT2D eigenvalue weighted by atomic mass is 16.5. The zero-order chi connectivity index (χ0) is 23.4. The van der Waals surface area contributed by atoms with Crippen LogP contribution >= 0.6 is 0 Å². The lowest BCUT2D eigenvalue weighted by Gasteiger charge is -2.35. The number of ether oxygens (including phenoxy) is 1. The van der Waals surface area contributed by atoms with E-state index in [1.54, 1.807) is 12.1 Å². The first-order chi connectivity index (χ1) is 15.9. The number of hydrogen-bond acceptors (Lipinski definition) is 7. The van der Waals surface area contributed by atoms with Crippen LogP contribution in [0, 0.1) is 18.8 Å². The lowest BCUT2D eigenvalue weighted by molar-refractivity contribution is 0.114. The first-order valence-corrected chi connectivity index (χ1v) is 11.7. The monoisotopic (exact) mass is 454 g/mol. The van der Waals surface area contributed by atoms with Crippen molar-refractivity contribution >= 4 is 11.6 Å². The van der Waals surface area contributed by atoms with Gasteiger partial charge in [0.2, 0.25) is 5.88 Å². The van der Waals surface area contributed by atoms with Crippen molar-refractivity contribution in [2.24, 2.45) is 28.3 Å². The number of fused-ring (bicyclic) bond motifs is 2. The van der Waals surface area contributed by atoms with Crippen LogP contribution < -0.4 is 21.5 Å². The molecule has 2 heterocycles. The summed E-state index contributed by atoms with van der Waals surface area (Å²) in [6.07, 6.45) is 5.06. The van der Waals surface area contributed by atoms with E-state index in [4.69, 9.17) is 21.2 Å². The van der Waals surface area contributed by atoms with E-state index in [9.17, 15) is 10.2 Å². The highest BCUT2D eigenvalue weighted by Crippen LogP contribution is 2.45. The van der Waals surface area contributed by atoms with Crippen molar-refractivity contribution in [2.45, 2.75) is 57.6 Å². The van der Waals surface area contributed by atoms with E-state index < -0.39 is 0 Å². The number of aromatic nitrogens is 2. The third kappa shape index (κ3) is 5.47. The molecule has 9 nitrogen and oxygen atoms in total. The number of aromatic hydroxyl groups is 1. The molecule has 9 heteroatoms. The molecule has 1 unspecified atom stereocenters. The van der Waals surface area contributed by atoms with E-state index in [-0.39, 0.29) is 36.4 Å². The standard InChI is InChI=1S/C24H34N6O3/c1-14-28-19(9-6-15-4-7-18(32)8-5-15)21-23(29-14)33-22-17(10-12-31)13-16(20(22)30-21)3-2-11-27-24(25)26/h4-5,7-8,16-17,20,22,30-32H,2-3,6,9-13H2,1H3,(H4,25,26,27)/t16-,17-,20?,22+/m0/s1. The fourth-order valence-electron chi connectivity index (χ4n) is 5.14. The lowest BCUT2D eigenvalue weighted by Crippen LogP contribution is -2.44. The Morgan fingerprint density at radius 3 is 2.67 bits per heavy atom. The Hall–Kier alpha value is -3.07. The minimum atomic E-state index is -0.0306. The van der Waals surface area contributed by atoms with Crippen LogP contribution in [0.3, 0.4) is 0 Å². The maximum absolute atomic E-state index is 9.59. The summed E-state index contributed by atoms with van der Waals surface area (Å²) in [5, 5.41) is 22.9. The second-order valence-corrected chi connectivity index (χ2v) is 9.03. The number of nitrogens with zero attached hydrogens (tertiary/aromatic N) is 3. The summed E-state index contributed by atoms with van der Waals surface area (Å²) in [7, 11) is 0. The third-order valence-corrected chi connectivity index (χ3v) is 6.67. The molecule has 0 saturated heterocycles. The van der Waals surface area contributed by atoms with Crippen LogP contribution in [-0.4, -0.2) is 51.4 Å². The Morgan fingerprint density at radius 1 is 1.15 bits per heavy atom. The highest BCUT2D eigenvalue weighted by molar-refractivity contribution is 5.75. The maximum atomic E-state index is 9.59. The van der Waals surface area contributed by atoms with Gasteiger partial charge in [0.15, 0.2) is 5.96 Å². The summed E-state index contributed by atoms with van der Waals surface area (Å²) >= 11 is 0. The molecule has 0 bridgehead atoms. The van der Waals surface area contributed by atoms with Gasteiger partial charge in [-0.25, -0.2) is 4.98 Å². The van der Waals surface area contributed by atoms with Gasteiger partial charge in [-0.2, -0.15) is 4.98 Å². The SMILES string of the molecule is Cc1nc(CCc2ccc(O)cc2)c2c(n1)O[C@H]1C(N2)[C@@H](CCCN=C(N)N)C[C@@H]1CCO. The summed E-state index contributed by atoms with van der Waals surface area (Å²) in [6, 6.07) is 7.40. The van der Waals surface area contributed by atoms with Crippen LogP contribution in [-0.2, 0) is 12.8 Å². The Balaban J connectivity index is 1.52. The Labute approximate surface area is 194 Å². The largest absolute Gasteiger partial charge is 0.508 e. The summed E-state index contributed by atoms with van der Waals surface area (Å²) in [4.78, 5) is 13.4. The van der Waals surface area contributed by atoms with Crippen molar-refractivity contribution in [3.8, 4) is 11.6 Å². The number of phenolic OH excluding ortho intramolecular Hbond substituents is 1. The lowest BCUT2D eigenvalue weighted by atomic mass is 9.95. The molecule has 0 amide bonds. The number of aliphatic hydroxyl groups is 1. The Bertz CT molecular complexity index is 977. The topological polar surface area (TPSA) is 152 Å². The van der Waals surface area contributed by atoms with Crippen molar-refractivity contribution < 1.29 is 14.9 Å². The smallest absolute Gasteiger partial charge is 0.241 e. The molecular weight excluding hydrogens is 420 g/mol. The van der Waals surface area contributed by atoms with E-state index in [1.807, 2.05) is 19.1 Å². The number of hydrogen-bond donors (Lipinski definition) is 5. The first-order valence-electron chi connectivity index (χ1n) is 11.7. The van der Waals surface area contributed by atoms with Crippen LogP contribution in [0.15, 0.2) is 29.3 Å². The van der Waals surface area contributed by atoms with Gasteiger partial charge < -0.3 is 31.7 Å². The molecule has 4 rings (SSSR count). The molecule has 1 aromatic carbocycles. The van der Waals surface area contributed by atoms with Crippen molar-refractivity contribution in [1.29, 1.82) is 0 Å². The van der Waals surface area contributed by atoms with Crippen LogP contribution in [0.5, 0.6) is 11.6 Å². The predicted octanol–water partition coefficient (Wildman–Crippen LogP) is 1.89. The average molecular weight is 455 g/mol. The Kier molecular flexibility index (Phi) is 7.17. The summed E-state index contributed by atoms with van der Waals surface area (Å²) in [5.41, 5.74) is 13.9. The van der Waals surface area contributed by atoms with E-state index in [1.165, 1.54) is 0 Å². The van der Waals surface area contributed by atoms with Gasteiger partial charge in [0.1, 0.15) is 23.4 Å². The van der Waals surface area contributed by atoms with Gasteiger partial charge in [-0.05, 0) is 69.1 Å². The number of anilines is 1. The van der Waals surface area contributed by atoms with Gasteiger partial charge in [0.05, 0.1) is 11.7 Å². The van der Waals surface area contributed by atoms with Crippen molar-refractivity contribution in [3.63, 3.8) is 0 Å². The maximum Gasteiger partial charge on any atom is 0.241 e. The minimum absolute atomic E-state index is 0.0306. The molecule has 1 fully saturated rings. The molecule has 0 spiro atoms. The van der Waals surface area contributed by atoms with E-state index in [0.717, 1.165) is 49.0 Å². The van der Waals surface area contributed by atoms with Gasteiger partial charge in [-0.1, -0.05) is 12.1 Å². The molecule has 2 aliphatic rings. The second-order valence-electron chi connectivity index (χ2n) is 9.03. The molecule has 7 N–H and O–H groups in total. The number of guanidine groups is 1. The molecule has 1 aliphatic carbocycles. The molecule has 0 radical (unpaired) electrons. The van der Waals surface area contributed by atoms with Crippen molar-refractivity contribution in [2.75, 3.05) is 18.5 Å². The molecule has 1 aromatic heterocycles. The van der Waals surface area contributed by atoms with Gasteiger partial charge in [-0.3, -0.25) is 4.99 Å². The van der Waals surface area contributed by atoms with Gasteiger partial charge in [0.25, 0.3) is 0 Å². The molecule has 1 aliphatic heterocycles. The molecule has 2 aromatic rings. The van der Waals surface area contributed by atoms with E-state index in [0.29, 0.717) is 30.6 Å². The number of aliphatic hydroxyl groups excluding tert-OH is 1. The predicted molar refractivity (Wildman–Crippen MR) is 127 cm³/mol. The Morgan fingerprint density at radius 2 is 1.94 bits per heavy atom. The summed E-state index contributed by atoms with van der Waals surface area (Å²) in [6.45, 7) is 2.64. The minimum Gasteiger partial charge on any atom is -0.508 e. The van der Waals surface area contributed by atoms with Gasteiger partial charge in [-0.15, -0.1) is 0 Å². The van der Waals surface area contributed by atoms with Crippen LogP contribution in [0.2, 0.25) is 0 Å². The fourth-order valence-corrected chi connectivity index (χ4v) is 5.14. The van der Waals surface area contributed by atoms with Crippen LogP contribution in [0.4, 0.5) is 5.69 Å². The number of benzene rings is 1. The highest BCUT2D eigenvalue weighted by Gasteiger charge is 2.47. The van der Waals surface area contributed by atoms with Crippen LogP contribution in [0.1, 0.15) is 42.8 Å². The summed E-state index contributed by atoms with van der Waals surface area (Å²) in [5.74, 6) is 2.33. The number of rotatable bonds is 9. The zero-order valence-electron chi connectivity index (χ0n) is 19.1. The quantitative estimate of drug-likeness (QED) is 0.219.